The van der Waals surface area contributed by atoms with Crippen LogP contribution in [-0.4, -0.2) is 43.8 Å². The molecule has 9 heteroatoms. The number of rotatable bonds is 5. The Kier molecular flexibility index (Phi) is 6.81. The molecule has 0 radical (unpaired) electrons. The van der Waals surface area contributed by atoms with Crippen molar-refractivity contribution in [3.05, 3.63) is 101 Å². The summed E-state index contributed by atoms with van der Waals surface area (Å²) < 4.78 is 66.5. The molecule has 174 valence electrons. The van der Waals surface area contributed by atoms with Gasteiger partial charge >= 0.3 is 6.18 Å². The minimum Gasteiger partial charge on any atom is -0.290 e. The van der Waals surface area contributed by atoms with Gasteiger partial charge in [-0.05, 0) is 41.5 Å². The maximum absolute atomic E-state index is 13.1. The zero-order valence-electron chi connectivity index (χ0n) is 17.5. The lowest BCUT2D eigenvalue weighted by Crippen LogP contribution is -2.49. The predicted molar refractivity (Wildman–Crippen MR) is 122 cm³/mol. The fraction of sp³-hybridized carbons (Fsp3) is 0.250. The van der Waals surface area contributed by atoms with Gasteiger partial charge in [0.1, 0.15) is 0 Å². The molecule has 33 heavy (non-hydrogen) atoms. The van der Waals surface area contributed by atoms with Crippen LogP contribution in [0.2, 0.25) is 5.02 Å². The summed E-state index contributed by atoms with van der Waals surface area (Å²) in [4.78, 5) is 1.83. The second-order valence-electron chi connectivity index (χ2n) is 7.83. The molecule has 0 aliphatic carbocycles. The van der Waals surface area contributed by atoms with Gasteiger partial charge in [0.25, 0.3) is 0 Å². The summed E-state index contributed by atoms with van der Waals surface area (Å²) in [6.45, 7) is 1.21. The highest BCUT2D eigenvalue weighted by atomic mass is 35.5. The molecule has 0 N–H and O–H groups in total. The standard InChI is InChI=1S/C24H22ClF3N2O2S/c25-21-11-9-19(10-12-21)23(18-5-2-1-3-6-18)29-13-15-30(16-14-29)33(31,32)22-8-4-7-20(17-22)24(26,27)28/h1-12,17,23H,13-16H2/t23-/m1/s1. The van der Waals surface area contributed by atoms with Crippen LogP contribution in [0, 0.1) is 0 Å². The van der Waals surface area contributed by atoms with Gasteiger partial charge in [0, 0.05) is 31.2 Å². The predicted octanol–water partition coefficient (Wildman–Crippen LogP) is 5.45. The van der Waals surface area contributed by atoms with Crippen LogP contribution >= 0.6 is 11.6 Å². The van der Waals surface area contributed by atoms with E-state index in [0.717, 1.165) is 23.3 Å². The number of alkyl halides is 3. The van der Waals surface area contributed by atoms with E-state index >= 15 is 0 Å². The summed E-state index contributed by atoms with van der Waals surface area (Å²) in [6.07, 6.45) is -4.61. The van der Waals surface area contributed by atoms with Crippen LogP contribution in [0.25, 0.3) is 0 Å². The summed E-state index contributed by atoms with van der Waals surface area (Å²) in [5.41, 5.74) is 1.11. The number of sulfonamides is 1. The average Bonchev–Trinajstić information content (AvgIpc) is 2.81. The molecule has 4 rings (SSSR count). The van der Waals surface area contributed by atoms with Crippen LogP contribution in [0.15, 0.2) is 83.8 Å². The van der Waals surface area contributed by atoms with Crippen LogP contribution in [0.5, 0.6) is 0 Å². The minimum absolute atomic E-state index is 0.0955. The van der Waals surface area contributed by atoms with Crippen molar-refractivity contribution < 1.29 is 21.6 Å². The SMILES string of the molecule is O=S(=O)(c1cccc(C(F)(F)F)c1)N1CCN([C@H](c2ccccc2)c2ccc(Cl)cc2)CC1. The number of hydrogen-bond donors (Lipinski definition) is 0. The van der Waals surface area contributed by atoms with E-state index in [9.17, 15) is 21.6 Å². The average molecular weight is 495 g/mol. The Balaban J connectivity index is 1.56. The van der Waals surface area contributed by atoms with Gasteiger partial charge in [0.05, 0.1) is 16.5 Å². The van der Waals surface area contributed by atoms with Crippen LogP contribution < -0.4 is 0 Å². The summed E-state index contributed by atoms with van der Waals surface area (Å²) in [7, 11) is -4.04. The van der Waals surface area contributed by atoms with Crippen LogP contribution in [-0.2, 0) is 16.2 Å². The Bertz CT molecular complexity index is 1190. The van der Waals surface area contributed by atoms with Gasteiger partial charge in [-0.2, -0.15) is 17.5 Å². The zero-order chi connectivity index (χ0) is 23.6. The molecule has 0 unspecified atom stereocenters. The van der Waals surface area contributed by atoms with Crippen molar-refractivity contribution >= 4 is 21.6 Å². The molecule has 0 saturated carbocycles. The lowest BCUT2D eigenvalue weighted by atomic mass is 9.96. The van der Waals surface area contributed by atoms with E-state index in [1.54, 1.807) is 0 Å². The lowest BCUT2D eigenvalue weighted by molar-refractivity contribution is -0.137. The van der Waals surface area contributed by atoms with E-state index in [4.69, 9.17) is 11.6 Å². The minimum atomic E-state index is -4.61. The summed E-state index contributed by atoms with van der Waals surface area (Å²) in [5.74, 6) is 0. The highest BCUT2D eigenvalue weighted by molar-refractivity contribution is 7.89. The highest BCUT2D eigenvalue weighted by Gasteiger charge is 2.35. The van der Waals surface area contributed by atoms with Crippen molar-refractivity contribution in [3.8, 4) is 0 Å². The molecule has 0 bridgehead atoms. The van der Waals surface area contributed by atoms with Crippen molar-refractivity contribution in [2.75, 3.05) is 26.2 Å². The molecule has 4 nitrogen and oxygen atoms in total. The Labute approximate surface area is 196 Å². The molecule has 0 spiro atoms. The van der Waals surface area contributed by atoms with Gasteiger partial charge in [-0.3, -0.25) is 4.90 Å². The van der Waals surface area contributed by atoms with Crippen LogP contribution in [0.1, 0.15) is 22.7 Å². The van der Waals surface area contributed by atoms with E-state index in [1.165, 1.54) is 10.4 Å². The van der Waals surface area contributed by atoms with Gasteiger partial charge in [-0.25, -0.2) is 8.42 Å². The number of halogens is 4. The van der Waals surface area contributed by atoms with E-state index < -0.39 is 21.8 Å². The molecule has 1 atom stereocenters. The third-order valence-electron chi connectivity index (χ3n) is 5.74. The maximum Gasteiger partial charge on any atom is 0.416 e. The smallest absolute Gasteiger partial charge is 0.290 e. The molecule has 1 heterocycles. The fourth-order valence-electron chi connectivity index (χ4n) is 4.08. The second-order valence-corrected chi connectivity index (χ2v) is 10.2. The van der Waals surface area contributed by atoms with E-state index in [0.29, 0.717) is 24.2 Å². The van der Waals surface area contributed by atoms with E-state index in [2.05, 4.69) is 4.90 Å². The summed E-state index contributed by atoms with van der Waals surface area (Å²) in [5, 5.41) is 0.627. The first-order chi connectivity index (χ1) is 15.7. The van der Waals surface area contributed by atoms with Gasteiger partial charge in [-0.15, -0.1) is 0 Å². The number of hydrogen-bond acceptors (Lipinski definition) is 3. The summed E-state index contributed by atoms with van der Waals surface area (Å²) in [6, 6.07) is 21.2. The first kappa shape index (κ1) is 23.8. The van der Waals surface area contributed by atoms with Crippen molar-refractivity contribution in [1.29, 1.82) is 0 Å². The molecular formula is C24H22ClF3N2O2S. The second kappa shape index (κ2) is 9.46. The molecule has 0 aromatic heterocycles. The largest absolute Gasteiger partial charge is 0.416 e. The summed E-state index contributed by atoms with van der Waals surface area (Å²) >= 11 is 6.06. The van der Waals surface area contributed by atoms with Crippen molar-refractivity contribution in [2.45, 2.75) is 17.1 Å². The van der Waals surface area contributed by atoms with Crippen LogP contribution in [0.3, 0.4) is 0 Å². The number of piperazine rings is 1. The van der Waals surface area contributed by atoms with Crippen molar-refractivity contribution in [1.82, 2.24) is 9.21 Å². The third-order valence-corrected chi connectivity index (χ3v) is 7.89. The van der Waals surface area contributed by atoms with Crippen molar-refractivity contribution in [3.63, 3.8) is 0 Å². The Morgan fingerprint density at radius 1 is 0.788 bits per heavy atom. The van der Waals surface area contributed by atoms with Gasteiger partial charge in [0.15, 0.2) is 0 Å². The van der Waals surface area contributed by atoms with E-state index in [1.807, 2.05) is 54.6 Å². The van der Waals surface area contributed by atoms with Crippen molar-refractivity contribution in [2.24, 2.45) is 0 Å². The quantitative estimate of drug-likeness (QED) is 0.473. The number of benzene rings is 3. The molecule has 1 saturated heterocycles. The van der Waals surface area contributed by atoms with Crippen LogP contribution in [0.4, 0.5) is 13.2 Å². The molecule has 1 aliphatic heterocycles. The Morgan fingerprint density at radius 3 is 2.00 bits per heavy atom. The third kappa shape index (κ3) is 5.24. The first-order valence-electron chi connectivity index (χ1n) is 10.4. The van der Waals surface area contributed by atoms with Gasteiger partial charge < -0.3 is 0 Å². The van der Waals surface area contributed by atoms with E-state index in [-0.39, 0.29) is 24.0 Å². The fourth-order valence-corrected chi connectivity index (χ4v) is 5.67. The molecule has 0 amide bonds. The molecule has 1 fully saturated rings. The molecule has 3 aromatic rings. The number of nitrogens with zero attached hydrogens (tertiary/aromatic N) is 2. The maximum atomic E-state index is 13.1. The molecule has 3 aromatic carbocycles. The molecule has 1 aliphatic rings. The van der Waals surface area contributed by atoms with Gasteiger partial charge in [-0.1, -0.05) is 60.1 Å². The monoisotopic (exact) mass is 494 g/mol. The van der Waals surface area contributed by atoms with Gasteiger partial charge in [0.2, 0.25) is 10.0 Å². The Morgan fingerprint density at radius 2 is 1.39 bits per heavy atom. The highest BCUT2D eigenvalue weighted by Crippen LogP contribution is 2.33. The zero-order valence-corrected chi connectivity index (χ0v) is 19.1. The lowest BCUT2D eigenvalue weighted by Gasteiger charge is -2.39. The first-order valence-corrected chi connectivity index (χ1v) is 12.2. The topological polar surface area (TPSA) is 40.6 Å². The molecular weight excluding hydrogens is 473 g/mol. The Hall–Kier alpha value is -2.39. The normalized spacial score (nSPS) is 17.1.